The summed E-state index contributed by atoms with van der Waals surface area (Å²) in [4.78, 5) is 24.9. The van der Waals surface area contributed by atoms with Crippen LogP contribution in [0, 0.1) is 13.8 Å². The molecule has 0 aliphatic carbocycles. The summed E-state index contributed by atoms with van der Waals surface area (Å²) in [7, 11) is 0. The molecule has 3 aromatic rings. The van der Waals surface area contributed by atoms with Gasteiger partial charge in [0.2, 0.25) is 5.91 Å². The summed E-state index contributed by atoms with van der Waals surface area (Å²) in [6.07, 6.45) is 1.55. The molecule has 0 unspecified atom stereocenters. The van der Waals surface area contributed by atoms with Gasteiger partial charge in [-0.1, -0.05) is 29.8 Å². The van der Waals surface area contributed by atoms with Gasteiger partial charge in [-0.3, -0.25) is 9.59 Å². The molecule has 0 fully saturated rings. The van der Waals surface area contributed by atoms with Crippen molar-refractivity contribution in [3.63, 3.8) is 0 Å². The summed E-state index contributed by atoms with van der Waals surface area (Å²) in [5.41, 5.74) is 3.51. The van der Waals surface area contributed by atoms with Crippen molar-refractivity contribution < 1.29 is 14.0 Å². The van der Waals surface area contributed by atoms with Crippen LogP contribution in [0.25, 0.3) is 0 Å². The second-order valence-electron chi connectivity index (χ2n) is 6.65. The zero-order chi connectivity index (χ0) is 20.8. The van der Waals surface area contributed by atoms with E-state index in [1.807, 2.05) is 19.9 Å². The van der Waals surface area contributed by atoms with Gasteiger partial charge in [0.05, 0.1) is 35.6 Å². The first kappa shape index (κ1) is 20.5. The summed E-state index contributed by atoms with van der Waals surface area (Å²) in [6, 6.07) is 14.3. The molecule has 0 aliphatic rings. The van der Waals surface area contributed by atoms with Crippen molar-refractivity contribution >= 4 is 34.8 Å². The smallest absolute Gasteiger partial charge is 0.253 e. The van der Waals surface area contributed by atoms with Gasteiger partial charge in [0.1, 0.15) is 5.76 Å². The van der Waals surface area contributed by atoms with Crippen LogP contribution in [0.2, 0.25) is 5.02 Å². The van der Waals surface area contributed by atoms with Crippen LogP contribution in [-0.2, 0) is 11.3 Å². The van der Waals surface area contributed by atoms with E-state index in [-0.39, 0.29) is 24.9 Å². The number of carbonyl (C=O) groups excluding carboxylic acids is 2. The highest BCUT2D eigenvalue weighted by molar-refractivity contribution is 6.34. The Labute approximate surface area is 174 Å². The molecule has 1 aromatic heterocycles. The predicted molar refractivity (Wildman–Crippen MR) is 114 cm³/mol. The largest absolute Gasteiger partial charge is 0.467 e. The SMILES string of the molecule is Cc1cc(C)c(NC(=O)CNc2ccccc2C(=O)NCc2ccco2)c(Cl)c1. The first-order valence-corrected chi connectivity index (χ1v) is 9.52. The van der Waals surface area contributed by atoms with Gasteiger partial charge in [-0.2, -0.15) is 0 Å². The monoisotopic (exact) mass is 411 g/mol. The number of halogens is 1. The van der Waals surface area contributed by atoms with Crippen LogP contribution in [0.4, 0.5) is 11.4 Å². The molecule has 0 atom stereocenters. The molecule has 0 radical (unpaired) electrons. The van der Waals surface area contributed by atoms with Crippen molar-refractivity contribution in [3.05, 3.63) is 82.3 Å². The molecule has 0 aliphatic heterocycles. The van der Waals surface area contributed by atoms with Crippen LogP contribution < -0.4 is 16.0 Å². The highest BCUT2D eigenvalue weighted by Crippen LogP contribution is 2.27. The van der Waals surface area contributed by atoms with E-state index in [1.165, 1.54) is 0 Å². The molecule has 0 saturated carbocycles. The quantitative estimate of drug-likeness (QED) is 0.533. The van der Waals surface area contributed by atoms with Crippen LogP contribution in [0.15, 0.2) is 59.2 Å². The fourth-order valence-electron chi connectivity index (χ4n) is 2.94. The third-order valence-corrected chi connectivity index (χ3v) is 4.61. The van der Waals surface area contributed by atoms with Crippen LogP contribution >= 0.6 is 11.6 Å². The van der Waals surface area contributed by atoms with Gasteiger partial charge < -0.3 is 20.4 Å². The fourth-order valence-corrected chi connectivity index (χ4v) is 3.31. The Hall–Kier alpha value is -3.25. The average molecular weight is 412 g/mol. The van der Waals surface area contributed by atoms with E-state index in [2.05, 4.69) is 16.0 Å². The van der Waals surface area contributed by atoms with Gasteiger partial charge in [-0.15, -0.1) is 0 Å². The molecule has 2 amide bonds. The zero-order valence-electron chi connectivity index (χ0n) is 16.2. The van der Waals surface area contributed by atoms with Crippen LogP contribution in [0.5, 0.6) is 0 Å². The number of furan rings is 1. The van der Waals surface area contributed by atoms with Crippen LogP contribution in [-0.4, -0.2) is 18.4 Å². The molecule has 29 heavy (non-hydrogen) atoms. The molecule has 6 nitrogen and oxygen atoms in total. The number of nitrogens with one attached hydrogen (secondary N) is 3. The first-order valence-electron chi connectivity index (χ1n) is 9.14. The predicted octanol–water partition coefficient (Wildman–Crippen LogP) is 4.53. The summed E-state index contributed by atoms with van der Waals surface area (Å²) in [5, 5.41) is 9.13. The van der Waals surface area contributed by atoms with Crippen LogP contribution in [0.3, 0.4) is 0 Å². The number of anilines is 2. The molecule has 0 bridgehead atoms. The van der Waals surface area contributed by atoms with Gasteiger partial charge in [-0.05, 0) is 55.3 Å². The maximum absolute atomic E-state index is 12.5. The molecular weight excluding hydrogens is 390 g/mol. The second kappa shape index (κ2) is 9.30. The van der Waals surface area contributed by atoms with Crippen molar-refractivity contribution in [1.82, 2.24) is 5.32 Å². The molecule has 3 rings (SSSR count). The molecule has 1 heterocycles. The van der Waals surface area contributed by atoms with E-state index in [0.29, 0.717) is 27.7 Å². The standard InChI is InChI=1S/C22H22ClN3O3/c1-14-10-15(2)21(18(23)11-14)26-20(27)13-24-19-8-4-3-7-17(19)22(28)25-12-16-6-5-9-29-16/h3-11,24H,12-13H2,1-2H3,(H,25,28)(H,26,27). The third kappa shape index (κ3) is 5.39. The number of aryl methyl sites for hydroxylation is 2. The Morgan fingerprint density at radius 3 is 2.59 bits per heavy atom. The third-order valence-electron chi connectivity index (χ3n) is 4.31. The molecule has 3 N–H and O–H groups in total. The van der Waals surface area contributed by atoms with E-state index in [0.717, 1.165) is 11.1 Å². The second-order valence-corrected chi connectivity index (χ2v) is 7.06. The minimum atomic E-state index is -0.262. The number of rotatable bonds is 7. The Kier molecular flexibility index (Phi) is 6.57. The van der Waals surface area contributed by atoms with Gasteiger partial charge in [0, 0.05) is 5.69 Å². The van der Waals surface area contributed by atoms with Gasteiger partial charge in [0.25, 0.3) is 5.91 Å². The lowest BCUT2D eigenvalue weighted by Crippen LogP contribution is -2.26. The number of hydrogen-bond donors (Lipinski definition) is 3. The van der Waals surface area contributed by atoms with Crippen LogP contribution in [0.1, 0.15) is 27.2 Å². The van der Waals surface area contributed by atoms with Crippen molar-refractivity contribution in [2.24, 2.45) is 0 Å². The fraction of sp³-hybridized carbons (Fsp3) is 0.182. The lowest BCUT2D eigenvalue weighted by molar-refractivity contribution is -0.114. The van der Waals surface area contributed by atoms with Crippen molar-refractivity contribution in [1.29, 1.82) is 0 Å². The van der Waals surface area contributed by atoms with Crippen molar-refractivity contribution in [3.8, 4) is 0 Å². The number of para-hydroxylation sites is 1. The minimum Gasteiger partial charge on any atom is -0.467 e. The molecule has 0 spiro atoms. The van der Waals surface area contributed by atoms with E-state index in [9.17, 15) is 9.59 Å². The number of benzene rings is 2. The number of hydrogen-bond acceptors (Lipinski definition) is 4. The Bertz CT molecular complexity index is 993. The topological polar surface area (TPSA) is 83.4 Å². The number of carbonyl (C=O) groups is 2. The maximum Gasteiger partial charge on any atom is 0.253 e. The average Bonchev–Trinajstić information content (AvgIpc) is 3.21. The van der Waals surface area contributed by atoms with E-state index in [4.69, 9.17) is 16.0 Å². The molecular formula is C22H22ClN3O3. The Morgan fingerprint density at radius 2 is 1.86 bits per heavy atom. The molecule has 0 saturated heterocycles. The number of amides is 2. The Morgan fingerprint density at radius 1 is 1.07 bits per heavy atom. The lowest BCUT2D eigenvalue weighted by Gasteiger charge is -2.14. The zero-order valence-corrected chi connectivity index (χ0v) is 17.0. The van der Waals surface area contributed by atoms with Gasteiger partial charge >= 0.3 is 0 Å². The highest BCUT2D eigenvalue weighted by atomic mass is 35.5. The first-order chi connectivity index (χ1) is 13.9. The molecule has 2 aromatic carbocycles. The van der Waals surface area contributed by atoms with Gasteiger partial charge in [0.15, 0.2) is 0 Å². The minimum absolute atomic E-state index is 0.00781. The normalized spacial score (nSPS) is 10.4. The summed E-state index contributed by atoms with van der Waals surface area (Å²) in [6.45, 7) is 4.11. The van der Waals surface area contributed by atoms with E-state index in [1.54, 1.807) is 48.7 Å². The Balaban J connectivity index is 1.62. The summed E-state index contributed by atoms with van der Waals surface area (Å²) in [5.74, 6) is 0.139. The summed E-state index contributed by atoms with van der Waals surface area (Å²) >= 11 is 6.24. The lowest BCUT2D eigenvalue weighted by atomic mass is 10.1. The molecule has 7 heteroatoms. The van der Waals surface area contributed by atoms with E-state index < -0.39 is 0 Å². The highest BCUT2D eigenvalue weighted by Gasteiger charge is 2.13. The molecule has 150 valence electrons. The maximum atomic E-state index is 12.5. The van der Waals surface area contributed by atoms with E-state index >= 15 is 0 Å². The van der Waals surface area contributed by atoms with Gasteiger partial charge in [-0.25, -0.2) is 0 Å². The summed E-state index contributed by atoms with van der Waals surface area (Å²) < 4.78 is 5.22. The van der Waals surface area contributed by atoms with Crippen molar-refractivity contribution in [2.75, 3.05) is 17.2 Å². The van der Waals surface area contributed by atoms with Crippen molar-refractivity contribution in [2.45, 2.75) is 20.4 Å².